The third kappa shape index (κ3) is 8.59. The molecule has 3 heterocycles. The fraction of sp³-hybridized carbons (Fsp3) is 1.00. The van der Waals surface area contributed by atoms with Gasteiger partial charge in [0, 0.05) is 41.3 Å². The SMILES string of the molecule is COP(=O)(CC[C@@H]1C[C@@H](O)C(O)O1)OC.COP(=O)(CC[C@@H]1C[C@H]2OC(C)(C)OC2O1)OC. The van der Waals surface area contributed by atoms with Crippen molar-refractivity contribution in [2.45, 2.75) is 82.3 Å². The molecule has 12 nitrogen and oxygen atoms in total. The van der Waals surface area contributed by atoms with Gasteiger partial charge in [0.25, 0.3) is 0 Å². The Labute approximate surface area is 195 Å². The smallest absolute Gasteiger partial charge is 0.330 e. The zero-order chi connectivity index (χ0) is 24.9. The van der Waals surface area contributed by atoms with Crippen LogP contribution >= 0.6 is 15.2 Å². The highest BCUT2D eigenvalue weighted by Gasteiger charge is 2.48. The van der Waals surface area contributed by atoms with Gasteiger partial charge in [0.05, 0.1) is 24.5 Å². The number of hydrogen-bond acceptors (Lipinski definition) is 12. The molecule has 0 bridgehead atoms. The van der Waals surface area contributed by atoms with Crippen molar-refractivity contribution in [3.8, 4) is 0 Å². The van der Waals surface area contributed by atoms with E-state index in [1.54, 1.807) is 0 Å². The quantitative estimate of drug-likeness (QED) is 0.408. The van der Waals surface area contributed by atoms with Gasteiger partial charge in [-0.3, -0.25) is 9.13 Å². The van der Waals surface area contributed by atoms with Crippen molar-refractivity contribution in [2.24, 2.45) is 0 Å². The minimum Gasteiger partial charge on any atom is -0.388 e. The van der Waals surface area contributed by atoms with Gasteiger partial charge in [-0.15, -0.1) is 0 Å². The number of fused-ring (bicyclic) bond motifs is 1. The molecule has 0 saturated carbocycles. The van der Waals surface area contributed by atoms with E-state index in [-0.39, 0.29) is 30.8 Å². The molecular weight excluding hydrogens is 482 g/mol. The fourth-order valence-electron chi connectivity index (χ4n) is 3.80. The van der Waals surface area contributed by atoms with E-state index in [1.807, 2.05) is 13.8 Å². The molecule has 3 rings (SSSR count). The Morgan fingerprint density at radius 1 is 0.818 bits per heavy atom. The second-order valence-corrected chi connectivity index (χ2v) is 13.3. The van der Waals surface area contributed by atoms with Gasteiger partial charge in [-0.05, 0) is 26.7 Å². The zero-order valence-electron chi connectivity index (χ0n) is 20.1. The molecule has 6 atom stereocenters. The van der Waals surface area contributed by atoms with E-state index in [2.05, 4.69) is 0 Å². The van der Waals surface area contributed by atoms with Gasteiger partial charge in [0.15, 0.2) is 18.4 Å². The summed E-state index contributed by atoms with van der Waals surface area (Å²) in [6, 6.07) is 0. The molecule has 3 aliphatic rings. The molecule has 2 unspecified atom stereocenters. The van der Waals surface area contributed by atoms with E-state index in [9.17, 15) is 14.2 Å². The van der Waals surface area contributed by atoms with Crippen LogP contribution < -0.4 is 0 Å². The lowest BCUT2D eigenvalue weighted by atomic mass is 10.1. The standard InChI is InChI=1S/C11H21O6P.C8H17O6P/c1-11(2)16-9-7-8(15-10(9)17-11)5-6-18(12,13-3)14-4;1-12-15(11,13-2)4-3-6-5-7(9)8(10)14-6/h8-10H,5-7H2,1-4H3;6-10H,3-5H2,1-2H3/t8-,9-,10?;6-,7-,8?/m11/s1. The van der Waals surface area contributed by atoms with E-state index in [0.29, 0.717) is 25.4 Å². The molecule has 0 radical (unpaired) electrons. The lowest BCUT2D eigenvalue weighted by molar-refractivity contribution is -0.204. The highest BCUT2D eigenvalue weighted by atomic mass is 31.2. The van der Waals surface area contributed by atoms with Gasteiger partial charge in [0.2, 0.25) is 0 Å². The summed E-state index contributed by atoms with van der Waals surface area (Å²) in [5.41, 5.74) is 0. The summed E-state index contributed by atoms with van der Waals surface area (Å²) in [4.78, 5) is 0. The summed E-state index contributed by atoms with van der Waals surface area (Å²) in [6.45, 7) is 3.74. The van der Waals surface area contributed by atoms with Crippen LogP contribution in [0.5, 0.6) is 0 Å². The van der Waals surface area contributed by atoms with Gasteiger partial charge < -0.3 is 47.3 Å². The van der Waals surface area contributed by atoms with Crippen LogP contribution in [0.2, 0.25) is 0 Å². The molecule has 2 N–H and O–H groups in total. The molecule has 196 valence electrons. The summed E-state index contributed by atoms with van der Waals surface area (Å²) < 4.78 is 64.9. The van der Waals surface area contributed by atoms with Crippen molar-refractivity contribution in [1.29, 1.82) is 0 Å². The Kier molecular flexibility index (Phi) is 11.0. The van der Waals surface area contributed by atoms with Crippen LogP contribution in [0, 0.1) is 0 Å². The number of rotatable bonds is 10. The molecule has 0 aromatic rings. The molecular formula is C19H38O12P2. The second kappa shape index (κ2) is 12.3. The molecule has 0 aliphatic carbocycles. The van der Waals surface area contributed by atoms with Crippen LogP contribution in [0.15, 0.2) is 0 Å². The van der Waals surface area contributed by atoms with Crippen LogP contribution in [0.4, 0.5) is 0 Å². The van der Waals surface area contributed by atoms with Crippen molar-refractivity contribution in [3.05, 3.63) is 0 Å². The summed E-state index contributed by atoms with van der Waals surface area (Å²) in [7, 11) is -0.537. The molecule has 0 aromatic carbocycles. The van der Waals surface area contributed by atoms with Crippen LogP contribution in [-0.2, 0) is 46.2 Å². The van der Waals surface area contributed by atoms with Gasteiger partial charge in [-0.1, -0.05) is 0 Å². The first-order chi connectivity index (χ1) is 15.4. The van der Waals surface area contributed by atoms with Crippen LogP contribution in [0.25, 0.3) is 0 Å². The molecule has 0 amide bonds. The summed E-state index contributed by atoms with van der Waals surface area (Å²) >= 11 is 0. The number of ether oxygens (including phenoxy) is 4. The first-order valence-electron chi connectivity index (χ1n) is 10.8. The van der Waals surface area contributed by atoms with Gasteiger partial charge in [-0.25, -0.2) is 0 Å². The average Bonchev–Trinajstić information content (AvgIpc) is 3.40. The van der Waals surface area contributed by atoms with E-state index in [0.717, 1.165) is 6.42 Å². The van der Waals surface area contributed by atoms with Crippen molar-refractivity contribution in [3.63, 3.8) is 0 Å². The largest absolute Gasteiger partial charge is 0.388 e. The fourth-order valence-corrected chi connectivity index (χ4v) is 6.04. The number of aliphatic hydroxyl groups is 2. The van der Waals surface area contributed by atoms with Gasteiger partial charge >= 0.3 is 15.2 Å². The highest BCUT2D eigenvalue weighted by molar-refractivity contribution is 7.54. The van der Waals surface area contributed by atoms with Crippen molar-refractivity contribution in [2.75, 3.05) is 40.8 Å². The van der Waals surface area contributed by atoms with E-state index < -0.39 is 33.4 Å². The molecule has 0 aromatic heterocycles. The minimum absolute atomic E-state index is 0.0188. The van der Waals surface area contributed by atoms with Crippen LogP contribution in [0.1, 0.15) is 39.5 Å². The topological polar surface area (TPSA) is 148 Å². The van der Waals surface area contributed by atoms with E-state index in [4.69, 9.17) is 42.1 Å². The summed E-state index contributed by atoms with van der Waals surface area (Å²) in [5, 5.41) is 18.3. The van der Waals surface area contributed by atoms with Gasteiger partial charge in [0.1, 0.15) is 12.2 Å². The van der Waals surface area contributed by atoms with Crippen molar-refractivity contribution >= 4 is 15.2 Å². The first-order valence-corrected chi connectivity index (χ1v) is 14.3. The van der Waals surface area contributed by atoms with Crippen molar-refractivity contribution in [1.82, 2.24) is 0 Å². The highest BCUT2D eigenvalue weighted by Crippen LogP contribution is 2.49. The second-order valence-electron chi connectivity index (χ2n) is 8.46. The maximum Gasteiger partial charge on any atom is 0.330 e. The molecule has 3 fully saturated rings. The molecule has 33 heavy (non-hydrogen) atoms. The third-order valence-electron chi connectivity index (χ3n) is 5.69. The average molecular weight is 520 g/mol. The van der Waals surface area contributed by atoms with Gasteiger partial charge in [-0.2, -0.15) is 0 Å². The lowest BCUT2D eigenvalue weighted by Gasteiger charge is -2.21. The Bertz CT molecular complexity index is 662. The molecule has 0 spiro atoms. The van der Waals surface area contributed by atoms with E-state index >= 15 is 0 Å². The maximum atomic E-state index is 11.9. The predicted molar refractivity (Wildman–Crippen MR) is 117 cm³/mol. The molecule has 14 heteroatoms. The number of hydrogen-bond donors (Lipinski definition) is 2. The third-order valence-corrected chi connectivity index (χ3v) is 9.53. The van der Waals surface area contributed by atoms with E-state index in [1.165, 1.54) is 28.4 Å². The van der Waals surface area contributed by atoms with Crippen LogP contribution in [0.3, 0.4) is 0 Å². The Balaban J connectivity index is 0.000000238. The molecule has 3 saturated heterocycles. The Morgan fingerprint density at radius 2 is 1.30 bits per heavy atom. The lowest BCUT2D eigenvalue weighted by Crippen LogP contribution is -2.25. The Hall–Kier alpha value is 0.0600. The normalized spacial score (nSPS) is 33.6. The Morgan fingerprint density at radius 3 is 1.70 bits per heavy atom. The summed E-state index contributed by atoms with van der Waals surface area (Å²) in [6.07, 6.45) is 0.0196. The number of aliphatic hydroxyl groups excluding tert-OH is 2. The predicted octanol–water partition coefficient (Wildman–Crippen LogP) is 2.46. The maximum absolute atomic E-state index is 11.9. The van der Waals surface area contributed by atoms with Crippen LogP contribution in [-0.4, -0.2) is 93.8 Å². The first kappa shape index (κ1) is 29.3. The monoisotopic (exact) mass is 520 g/mol. The molecule has 3 aliphatic heterocycles. The zero-order valence-corrected chi connectivity index (χ0v) is 21.9. The summed E-state index contributed by atoms with van der Waals surface area (Å²) in [5.74, 6) is -0.575. The van der Waals surface area contributed by atoms with Crippen molar-refractivity contribution < 1.29 is 56.4 Å². The minimum atomic E-state index is -3.02.